The molecule has 0 aromatic carbocycles. The van der Waals surface area contributed by atoms with Crippen LogP contribution in [0, 0.1) is 0 Å². The number of rotatable bonds is 11. The Morgan fingerprint density at radius 3 is 1.72 bits per heavy atom. The molecule has 0 aliphatic rings. The molecule has 0 fully saturated rings. The Kier molecular flexibility index (Phi) is 21.0. The summed E-state index contributed by atoms with van der Waals surface area (Å²) < 4.78 is 4.73. The first-order chi connectivity index (χ1) is 8.72. The first kappa shape index (κ1) is 19.9. The van der Waals surface area contributed by atoms with Gasteiger partial charge in [0.15, 0.2) is 0 Å². The van der Waals surface area contributed by atoms with E-state index in [0.717, 1.165) is 25.7 Å². The third-order valence-corrected chi connectivity index (χ3v) is 2.56. The molecular weight excluding hydrogens is 228 g/mol. The Labute approximate surface area is 113 Å². The topological polar surface area (TPSA) is 46.5 Å². The summed E-state index contributed by atoms with van der Waals surface area (Å²) in [7, 11) is 0. The van der Waals surface area contributed by atoms with E-state index in [-0.39, 0.29) is 6.61 Å². The summed E-state index contributed by atoms with van der Waals surface area (Å²) >= 11 is 0. The Morgan fingerprint density at radius 1 is 0.944 bits per heavy atom. The number of carbonyl (C=O) groups excluding carboxylic acids is 1. The second-order valence-electron chi connectivity index (χ2n) is 4.37. The molecule has 0 unspecified atom stereocenters. The zero-order valence-electron chi connectivity index (χ0n) is 12.5. The minimum atomic E-state index is 0.133. The lowest BCUT2D eigenvalue weighted by Crippen LogP contribution is -1.96. The van der Waals surface area contributed by atoms with Gasteiger partial charge in [-0.2, -0.15) is 0 Å². The van der Waals surface area contributed by atoms with E-state index in [1.165, 1.54) is 25.7 Å². The van der Waals surface area contributed by atoms with Gasteiger partial charge in [0.05, 0.1) is 13.2 Å². The molecule has 3 nitrogen and oxygen atoms in total. The molecule has 0 aliphatic heterocycles. The van der Waals surface area contributed by atoms with Crippen molar-refractivity contribution in [2.45, 2.75) is 72.1 Å². The first-order valence-corrected chi connectivity index (χ1v) is 7.43. The number of aliphatic hydroxyl groups is 1. The average Bonchev–Trinajstić information content (AvgIpc) is 2.38. The van der Waals surface area contributed by atoms with Crippen molar-refractivity contribution in [2.75, 3.05) is 19.8 Å². The molecule has 0 amide bonds. The van der Waals surface area contributed by atoms with Gasteiger partial charge in [0, 0.05) is 19.4 Å². The minimum absolute atomic E-state index is 0.133. The fourth-order valence-electron chi connectivity index (χ4n) is 1.48. The maximum atomic E-state index is 11.2. The van der Waals surface area contributed by atoms with Crippen molar-refractivity contribution < 1.29 is 14.6 Å². The van der Waals surface area contributed by atoms with E-state index in [1.807, 2.05) is 6.92 Å². The van der Waals surface area contributed by atoms with Gasteiger partial charge < -0.3 is 9.84 Å². The Bertz CT molecular complexity index is 142. The zero-order valence-corrected chi connectivity index (χ0v) is 12.5. The van der Waals surface area contributed by atoms with Crippen molar-refractivity contribution in [3.8, 4) is 0 Å². The molecule has 110 valence electrons. The van der Waals surface area contributed by atoms with Crippen LogP contribution in [0.25, 0.3) is 0 Å². The van der Waals surface area contributed by atoms with E-state index in [0.29, 0.717) is 19.0 Å². The van der Waals surface area contributed by atoms with Crippen LogP contribution >= 0.6 is 0 Å². The second-order valence-corrected chi connectivity index (χ2v) is 4.37. The van der Waals surface area contributed by atoms with Crippen molar-refractivity contribution in [2.24, 2.45) is 0 Å². The third kappa shape index (κ3) is 20.9. The van der Waals surface area contributed by atoms with E-state index in [9.17, 15) is 4.79 Å². The third-order valence-electron chi connectivity index (χ3n) is 2.56. The number of Topliss-reactive ketones (excluding diaryl/α,β-unsaturated/α-hetero) is 1. The molecule has 0 heterocycles. The van der Waals surface area contributed by atoms with E-state index in [1.54, 1.807) is 0 Å². The molecule has 3 heteroatoms. The second kappa shape index (κ2) is 18.9. The lowest BCUT2D eigenvalue weighted by Gasteiger charge is -1.98. The van der Waals surface area contributed by atoms with Crippen molar-refractivity contribution in [3.63, 3.8) is 0 Å². The fourth-order valence-corrected chi connectivity index (χ4v) is 1.48. The van der Waals surface area contributed by atoms with Gasteiger partial charge in [-0.25, -0.2) is 0 Å². The van der Waals surface area contributed by atoms with Gasteiger partial charge in [0.1, 0.15) is 5.78 Å². The van der Waals surface area contributed by atoms with Crippen LogP contribution in [0.3, 0.4) is 0 Å². The number of unbranched alkanes of at least 4 members (excludes halogenated alkanes) is 4. The number of ketones is 1. The van der Waals surface area contributed by atoms with Crippen LogP contribution < -0.4 is 0 Å². The smallest absolute Gasteiger partial charge is 0.132 e. The quantitative estimate of drug-likeness (QED) is 0.576. The molecule has 0 atom stereocenters. The summed E-state index contributed by atoms with van der Waals surface area (Å²) in [5.74, 6) is 0.469. The van der Waals surface area contributed by atoms with Gasteiger partial charge in [-0.3, -0.25) is 4.79 Å². The Morgan fingerprint density at radius 2 is 1.44 bits per heavy atom. The van der Waals surface area contributed by atoms with E-state index < -0.39 is 0 Å². The molecule has 0 aromatic heterocycles. The minimum Gasteiger partial charge on any atom is -0.394 e. The van der Waals surface area contributed by atoms with E-state index in [4.69, 9.17) is 9.84 Å². The van der Waals surface area contributed by atoms with Crippen LogP contribution in [0.4, 0.5) is 0 Å². The standard InChI is InChI=1S/C11H22O.C4H10O2/c1-3-5-7-9-11(12)10-8-6-4-2;1-2-6-4-3-5/h3-10H2,1-2H3;5H,2-4H2,1H3. The highest BCUT2D eigenvalue weighted by Crippen LogP contribution is 2.05. The van der Waals surface area contributed by atoms with Gasteiger partial charge in [-0.15, -0.1) is 0 Å². The van der Waals surface area contributed by atoms with E-state index in [2.05, 4.69) is 13.8 Å². The molecule has 0 spiro atoms. The Balaban J connectivity index is 0. The lowest BCUT2D eigenvalue weighted by molar-refractivity contribution is -0.119. The van der Waals surface area contributed by atoms with Crippen molar-refractivity contribution in [1.29, 1.82) is 0 Å². The predicted molar refractivity (Wildman–Crippen MR) is 76.9 cm³/mol. The normalized spacial score (nSPS) is 9.78. The number of aliphatic hydroxyl groups excluding tert-OH is 1. The molecule has 0 aliphatic carbocycles. The SMILES string of the molecule is CCCCCC(=O)CCCCC.CCOCCO. The van der Waals surface area contributed by atoms with Crippen LogP contribution in [-0.2, 0) is 9.53 Å². The number of hydrogen-bond donors (Lipinski definition) is 1. The molecule has 0 saturated heterocycles. The van der Waals surface area contributed by atoms with Crippen molar-refractivity contribution >= 4 is 5.78 Å². The Hall–Kier alpha value is -0.410. The number of carbonyl (C=O) groups is 1. The van der Waals surface area contributed by atoms with Gasteiger partial charge in [0.25, 0.3) is 0 Å². The molecule has 0 saturated carbocycles. The van der Waals surface area contributed by atoms with Crippen molar-refractivity contribution in [3.05, 3.63) is 0 Å². The van der Waals surface area contributed by atoms with Gasteiger partial charge >= 0.3 is 0 Å². The van der Waals surface area contributed by atoms with Gasteiger partial charge in [0.2, 0.25) is 0 Å². The van der Waals surface area contributed by atoms with Crippen LogP contribution in [0.2, 0.25) is 0 Å². The monoisotopic (exact) mass is 260 g/mol. The van der Waals surface area contributed by atoms with Gasteiger partial charge in [-0.1, -0.05) is 39.5 Å². The summed E-state index contributed by atoms with van der Waals surface area (Å²) in [6, 6.07) is 0. The summed E-state index contributed by atoms with van der Waals surface area (Å²) in [5, 5.41) is 8.07. The molecule has 0 rings (SSSR count). The fraction of sp³-hybridized carbons (Fsp3) is 0.933. The summed E-state index contributed by atoms with van der Waals surface area (Å²) in [6.45, 7) is 7.53. The van der Waals surface area contributed by atoms with E-state index >= 15 is 0 Å². The first-order valence-electron chi connectivity index (χ1n) is 7.43. The predicted octanol–water partition coefficient (Wildman–Crippen LogP) is 3.73. The number of hydrogen-bond acceptors (Lipinski definition) is 3. The van der Waals surface area contributed by atoms with Crippen molar-refractivity contribution in [1.82, 2.24) is 0 Å². The summed E-state index contributed by atoms with van der Waals surface area (Å²) in [6.07, 6.45) is 8.67. The number of ether oxygens (including phenoxy) is 1. The van der Waals surface area contributed by atoms with Crippen LogP contribution in [0.1, 0.15) is 72.1 Å². The molecule has 1 N–H and O–H groups in total. The maximum Gasteiger partial charge on any atom is 0.132 e. The molecule has 0 aromatic rings. The average molecular weight is 260 g/mol. The summed E-state index contributed by atoms with van der Waals surface area (Å²) in [4.78, 5) is 11.2. The lowest BCUT2D eigenvalue weighted by atomic mass is 10.1. The highest BCUT2D eigenvalue weighted by Gasteiger charge is 1.99. The molecular formula is C15H32O3. The maximum absolute atomic E-state index is 11.2. The highest BCUT2D eigenvalue weighted by molar-refractivity contribution is 5.78. The van der Waals surface area contributed by atoms with Gasteiger partial charge in [-0.05, 0) is 19.8 Å². The van der Waals surface area contributed by atoms with Crippen LogP contribution in [0.15, 0.2) is 0 Å². The molecule has 0 radical (unpaired) electrons. The largest absolute Gasteiger partial charge is 0.394 e. The molecule has 0 bridgehead atoms. The zero-order chi connectivity index (χ0) is 14.1. The molecule has 18 heavy (non-hydrogen) atoms. The van der Waals surface area contributed by atoms with Crippen LogP contribution in [0.5, 0.6) is 0 Å². The summed E-state index contributed by atoms with van der Waals surface area (Å²) in [5.41, 5.74) is 0. The highest BCUT2D eigenvalue weighted by atomic mass is 16.5. The van der Waals surface area contributed by atoms with Crippen LogP contribution in [-0.4, -0.2) is 30.7 Å².